The number of fused-ring (bicyclic) bond motifs is 1. The maximum atomic E-state index is 13.1. The summed E-state index contributed by atoms with van der Waals surface area (Å²) in [5.74, 6) is 0.215. The topological polar surface area (TPSA) is 84.1 Å². The Bertz CT molecular complexity index is 1660. The van der Waals surface area contributed by atoms with E-state index in [4.69, 9.17) is 21.7 Å². The zero-order valence-electron chi connectivity index (χ0n) is 22.4. The first-order valence-corrected chi connectivity index (χ1v) is 13.8. The zero-order valence-corrected chi connectivity index (χ0v) is 23.2. The SMILES string of the molecule is N=c1n(CCCOc2ccc(F)cc2)c2ccccc2n1Cc1ccc(CNCC(=O)Nc2ccc(Cl)cc2)cc1. The Morgan fingerprint density at radius 2 is 1.51 bits per heavy atom. The maximum absolute atomic E-state index is 13.1. The average molecular weight is 572 g/mol. The number of aromatic nitrogens is 2. The van der Waals surface area contributed by atoms with Gasteiger partial charge in [0.25, 0.3) is 0 Å². The fourth-order valence-corrected chi connectivity index (χ4v) is 4.75. The summed E-state index contributed by atoms with van der Waals surface area (Å²) in [6, 6.07) is 29.2. The molecule has 0 radical (unpaired) electrons. The molecule has 9 heteroatoms. The number of nitrogens with one attached hydrogen (secondary N) is 3. The molecule has 1 heterocycles. The van der Waals surface area contributed by atoms with Crippen molar-refractivity contribution in [1.29, 1.82) is 5.41 Å². The van der Waals surface area contributed by atoms with Crippen LogP contribution < -0.4 is 21.0 Å². The number of carbonyl (C=O) groups is 1. The molecule has 0 spiro atoms. The molecule has 210 valence electrons. The van der Waals surface area contributed by atoms with Gasteiger partial charge < -0.3 is 24.5 Å². The average Bonchev–Trinajstić information content (AvgIpc) is 3.24. The summed E-state index contributed by atoms with van der Waals surface area (Å²) in [7, 11) is 0. The van der Waals surface area contributed by atoms with Crippen molar-refractivity contribution in [2.24, 2.45) is 0 Å². The Hall–Kier alpha value is -4.40. The lowest BCUT2D eigenvalue weighted by atomic mass is 10.1. The molecule has 0 aliphatic carbocycles. The summed E-state index contributed by atoms with van der Waals surface area (Å²) in [5, 5.41) is 15.5. The summed E-state index contributed by atoms with van der Waals surface area (Å²) < 4.78 is 22.9. The molecule has 5 aromatic rings. The van der Waals surface area contributed by atoms with E-state index < -0.39 is 0 Å². The van der Waals surface area contributed by atoms with Gasteiger partial charge in [-0.1, -0.05) is 48.0 Å². The van der Waals surface area contributed by atoms with Crippen LogP contribution in [0.15, 0.2) is 97.1 Å². The van der Waals surface area contributed by atoms with Gasteiger partial charge in [-0.05, 0) is 78.2 Å². The number of imidazole rings is 1. The number of hydrogen-bond donors (Lipinski definition) is 3. The minimum atomic E-state index is -0.291. The van der Waals surface area contributed by atoms with Crippen LogP contribution in [0.3, 0.4) is 0 Å². The van der Waals surface area contributed by atoms with Crippen LogP contribution in [-0.2, 0) is 24.4 Å². The van der Waals surface area contributed by atoms with Crippen molar-refractivity contribution in [3.63, 3.8) is 0 Å². The molecule has 7 nitrogen and oxygen atoms in total. The van der Waals surface area contributed by atoms with Crippen LogP contribution in [0.2, 0.25) is 5.02 Å². The predicted octanol–water partition coefficient (Wildman–Crippen LogP) is 5.96. The number of amides is 1. The molecule has 0 atom stereocenters. The lowest BCUT2D eigenvalue weighted by Crippen LogP contribution is -2.27. The lowest BCUT2D eigenvalue weighted by molar-refractivity contribution is -0.115. The highest BCUT2D eigenvalue weighted by molar-refractivity contribution is 6.30. The number of rotatable bonds is 12. The molecule has 5 rings (SSSR count). The number of halogens is 2. The Morgan fingerprint density at radius 1 is 0.854 bits per heavy atom. The van der Waals surface area contributed by atoms with Crippen molar-refractivity contribution in [2.45, 2.75) is 26.1 Å². The first-order chi connectivity index (χ1) is 20.0. The highest BCUT2D eigenvalue weighted by Gasteiger charge is 2.11. The Morgan fingerprint density at radius 3 is 2.22 bits per heavy atom. The van der Waals surface area contributed by atoms with Gasteiger partial charge in [-0.25, -0.2) is 4.39 Å². The number of nitrogens with zero attached hydrogens (tertiary/aromatic N) is 2. The molecule has 41 heavy (non-hydrogen) atoms. The van der Waals surface area contributed by atoms with Gasteiger partial charge >= 0.3 is 0 Å². The molecule has 0 unspecified atom stereocenters. The van der Waals surface area contributed by atoms with Crippen molar-refractivity contribution in [3.8, 4) is 5.75 Å². The standard InChI is InChI=1S/C32H31ClFN5O2/c33-25-10-14-27(15-11-25)37-31(40)21-36-20-23-6-8-24(9-7-23)22-39-30-5-2-1-4-29(30)38(32(39)35)18-3-19-41-28-16-12-26(34)13-17-28/h1-2,4-17,35-36H,3,18-22H2,(H,37,40). The van der Waals surface area contributed by atoms with Crippen molar-refractivity contribution < 1.29 is 13.9 Å². The summed E-state index contributed by atoms with van der Waals surface area (Å²) >= 11 is 5.89. The normalized spacial score (nSPS) is 11.1. The van der Waals surface area contributed by atoms with Crippen molar-refractivity contribution in [2.75, 3.05) is 18.5 Å². The highest BCUT2D eigenvalue weighted by atomic mass is 35.5. The minimum Gasteiger partial charge on any atom is -0.494 e. The lowest BCUT2D eigenvalue weighted by Gasteiger charge is -2.09. The van der Waals surface area contributed by atoms with E-state index in [1.165, 1.54) is 12.1 Å². The second-order valence-electron chi connectivity index (χ2n) is 9.68. The van der Waals surface area contributed by atoms with E-state index in [0.29, 0.717) is 54.7 Å². The molecule has 1 aromatic heterocycles. The van der Waals surface area contributed by atoms with Gasteiger partial charge in [0.05, 0.1) is 30.7 Å². The summed E-state index contributed by atoms with van der Waals surface area (Å²) in [6.07, 6.45) is 0.710. The summed E-state index contributed by atoms with van der Waals surface area (Å²) in [4.78, 5) is 12.2. The summed E-state index contributed by atoms with van der Waals surface area (Å²) in [6.45, 7) is 2.41. The third-order valence-corrected chi connectivity index (χ3v) is 6.94. The van der Waals surface area contributed by atoms with Crippen LogP contribution in [0.5, 0.6) is 5.75 Å². The molecule has 0 aliphatic heterocycles. The van der Waals surface area contributed by atoms with E-state index in [1.54, 1.807) is 36.4 Å². The Kier molecular flexibility index (Phi) is 9.13. The van der Waals surface area contributed by atoms with Gasteiger partial charge in [-0.3, -0.25) is 10.2 Å². The monoisotopic (exact) mass is 571 g/mol. The van der Waals surface area contributed by atoms with Crippen LogP contribution in [-0.4, -0.2) is 28.2 Å². The fraction of sp³-hybridized carbons (Fsp3) is 0.188. The summed E-state index contributed by atoms with van der Waals surface area (Å²) in [5.41, 5.74) is 5.26. The van der Waals surface area contributed by atoms with E-state index >= 15 is 0 Å². The molecule has 0 fully saturated rings. The van der Waals surface area contributed by atoms with Crippen LogP contribution in [0, 0.1) is 11.2 Å². The van der Waals surface area contributed by atoms with Crippen LogP contribution in [0.1, 0.15) is 17.5 Å². The van der Waals surface area contributed by atoms with E-state index in [0.717, 1.165) is 22.2 Å². The van der Waals surface area contributed by atoms with Crippen LogP contribution in [0.4, 0.5) is 10.1 Å². The smallest absolute Gasteiger partial charge is 0.238 e. The molecule has 4 aromatic carbocycles. The van der Waals surface area contributed by atoms with E-state index in [-0.39, 0.29) is 18.3 Å². The number of aryl methyl sites for hydroxylation is 1. The van der Waals surface area contributed by atoms with Gasteiger partial charge in [0.2, 0.25) is 11.5 Å². The minimum absolute atomic E-state index is 0.123. The molecule has 3 N–H and O–H groups in total. The van der Waals surface area contributed by atoms with E-state index in [2.05, 4.69) is 22.8 Å². The zero-order chi connectivity index (χ0) is 28.6. The molecule has 1 amide bonds. The number of para-hydroxylation sites is 2. The van der Waals surface area contributed by atoms with Crippen LogP contribution in [0.25, 0.3) is 11.0 Å². The quantitative estimate of drug-likeness (QED) is 0.162. The number of benzene rings is 4. The van der Waals surface area contributed by atoms with E-state index in [9.17, 15) is 9.18 Å². The van der Waals surface area contributed by atoms with Crippen molar-refractivity contribution in [3.05, 3.63) is 125 Å². The third kappa shape index (κ3) is 7.42. The molecule has 0 saturated heterocycles. The van der Waals surface area contributed by atoms with Gasteiger partial charge in [0, 0.05) is 23.8 Å². The number of ether oxygens (including phenoxy) is 1. The first-order valence-electron chi connectivity index (χ1n) is 13.4. The Labute approximate surface area is 242 Å². The van der Waals surface area contributed by atoms with E-state index in [1.807, 2.05) is 45.5 Å². The fourth-order valence-electron chi connectivity index (χ4n) is 4.63. The van der Waals surface area contributed by atoms with Crippen LogP contribution >= 0.6 is 11.6 Å². The second kappa shape index (κ2) is 13.3. The third-order valence-electron chi connectivity index (χ3n) is 6.69. The maximum Gasteiger partial charge on any atom is 0.238 e. The molecular formula is C32H31ClFN5O2. The molecule has 0 aliphatic rings. The van der Waals surface area contributed by atoms with Crippen molar-refractivity contribution >= 4 is 34.2 Å². The van der Waals surface area contributed by atoms with Crippen molar-refractivity contribution in [1.82, 2.24) is 14.5 Å². The van der Waals surface area contributed by atoms with Gasteiger partial charge in [0.1, 0.15) is 11.6 Å². The number of hydrogen-bond acceptors (Lipinski definition) is 4. The number of anilines is 1. The predicted molar refractivity (Wildman–Crippen MR) is 160 cm³/mol. The van der Waals surface area contributed by atoms with Gasteiger partial charge in [0.15, 0.2) is 0 Å². The molecule has 0 bridgehead atoms. The van der Waals surface area contributed by atoms with Gasteiger partial charge in [-0.2, -0.15) is 0 Å². The molecule has 0 saturated carbocycles. The highest BCUT2D eigenvalue weighted by Crippen LogP contribution is 2.17. The molecular weight excluding hydrogens is 541 g/mol. The second-order valence-corrected chi connectivity index (χ2v) is 10.1. The first kappa shape index (κ1) is 28.1. The van der Waals surface area contributed by atoms with Gasteiger partial charge in [-0.15, -0.1) is 0 Å². The Balaban J connectivity index is 1.16. The number of carbonyl (C=O) groups excluding carboxylic acids is 1. The largest absolute Gasteiger partial charge is 0.494 e.